The van der Waals surface area contributed by atoms with Crippen LogP contribution in [0.3, 0.4) is 0 Å². The fourth-order valence-corrected chi connectivity index (χ4v) is 2.73. The first-order valence-corrected chi connectivity index (χ1v) is 8.46. The molecule has 4 aromatic rings. The Kier molecular flexibility index (Phi) is 4.55. The van der Waals surface area contributed by atoms with Crippen molar-refractivity contribution in [3.63, 3.8) is 0 Å². The van der Waals surface area contributed by atoms with Gasteiger partial charge in [-0.05, 0) is 36.4 Å². The van der Waals surface area contributed by atoms with Gasteiger partial charge in [0.05, 0.1) is 12.8 Å². The maximum atomic E-state index is 12.7. The Hall–Kier alpha value is -4.01. The molecular weight excluding hydrogens is 360 g/mol. The third-order valence-electron chi connectivity index (χ3n) is 4.12. The number of hydrogen-bond donors (Lipinski definition) is 1. The van der Waals surface area contributed by atoms with Crippen molar-refractivity contribution in [2.75, 3.05) is 12.4 Å². The van der Waals surface area contributed by atoms with Crippen LogP contribution in [0.5, 0.6) is 5.75 Å². The zero-order valence-electron chi connectivity index (χ0n) is 14.9. The molecule has 0 bridgehead atoms. The number of carbonyl (C=O) groups is 1. The van der Waals surface area contributed by atoms with Crippen LogP contribution in [0.1, 0.15) is 0 Å². The molecule has 0 unspecified atom stereocenters. The van der Waals surface area contributed by atoms with E-state index in [9.17, 15) is 9.59 Å². The van der Waals surface area contributed by atoms with E-state index in [1.54, 1.807) is 43.5 Å². The number of amides is 1. The van der Waals surface area contributed by atoms with Crippen molar-refractivity contribution in [1.82, 2.24) is 24.5 Å². The fourth-order valence-electron chi connectivity index (χ4n) is 2.73. The average molecular weight is 376 g/mol. The Labute approximate surface area is 159 Å². The highest BCUT2D eigenvalue weighted by molar-refractivity contribution is 5.90. The Morgan fingerprint density at radius 1 is 1.11 bits per heavy atom. The van der Waals surface area contributed by atoms with Crippen LogP contribution in [0, 0.1) is 0 Å². The minimum atomic E-state index is -0.437. The molecule has 2 heterocycles. The molecule has 0 fully saturated rings. The minimum Gasteiger partial charge on any atom is -0.497 e. The van der Waals surface area contributed by atoms with Gasteiger partial charge in [-0.3, -0.25) is 14.2 Å². The fraction of sp³-hybridized carbons (Fsp3) is 0.105. The number of ether oxygens (including phenoxy) is 1. The zero-order chi connectivity index (χ0) is 19.5. The summed E-state index contributed by atoms with van der Waals surface area (Å²) in [5.41, 5.74) is 1.31. The van der Waals surface area contributed by atoms with E-state index < -0.39 is 5.56 Å². The molecule has 140 valence electrons. The summed E-state index contributed by atoms with van der Waals surface area (Å²) in [5.74, 6) is 0.366. The van der Waals surface area contributed by atoms with E-state index in [1.807, 2.05) is 18.2 Å². The van der Waals surface area contributed by atoms with Gasteiger partial charge in [0.15, 0.2) is 11.2 Å². The van der Waals surface area contributed by atoms with Gasteiger partial charge in [-0.2, -0.15) is 4.68 Å². The van der Waals surface area contributed by atoms with Gasteiger partial charge in [0.2, 0.25) is 5.91 Å². The Morgan fingerprint density at radius 2 is 1.86 bits per heavy atom. The summed E-state index contributed by atoms with van der Waals surface area (Å²) in [6, 6.07) is 16.1. The van der Waals surface area contributed by atoms with Crippen molar-refractivity contribution in [3.05, 3.63) is 71.3 Å². The molecule has 0 atom stereocenters. The molecule has 4 rings (SSSR count). The average Bonchev–Trinajstić information content (AvgIpc) is 3.16. The van der Waals surface area contributed by atoms with E-state index in [2.05, 4.69) is 20.6 Å². The molecule has 2 aromatic heterocycles. The van der Waals surface area contributed by atoms with Crippen molar-refractivity contribution in [1.29, 1.82) is 0 Å². The zero-order valence-corrected chi connectivity index (χ0v) is 14.9. The smallest absolute Gasteiger partial charge is 0.284 e. The lowest BCUT2D eigenvalue weighted by Gasteiger charge is -2.07. The van der Waals surface area contributed by atoms with Crippen LogP contribution in [-0.4, -0.2) is 37.6 Å². The summed E-state index contributed by atoms with van der Waals surface area (Å²) in [5, 5.41) is 10.7. The van der Waals surface area contributed by atoms with E-state index >= 15 is 0 Å². The lowest BCUT2D eigenvalue weighted by atomic mass is 10.3. The first-order valence-electron chi connectivity index (χ1n) is 8.46. The first-order chi connectivity index (χ1) is 13.7. The number of methoxy groups -OCH3 is 1. The van der Waals surface area contributed by atoms with Crippen LogP contribution in [0.15, 0.2) is 65.7 Å². The van der Waals surface area contributed by atoms with Gasteiger partial charge in [0.25, 0.3) is 5.56 Å². The Morgan fingerprint density at radius 3 is 2.57 bits per heavy atom. The number of fused-ring (bicyclic) bond motifs is 1. The number of para-hydroxylation sites is 1. The van der Waals surface area contributed by atoms with Crippen LogP contribution >= 0.6 is 0 Å². The molecule has 0 radical (unpaired) electrons. The third kappa shape index (κ3) is 3.32. The number of aromatic nitrogens is 5. The van der Waals surface area contributed by atoms with E-state index in [0.717, 1.165) is 0 Å². The lowest BCUT2D eigenvalue weighted by molar-refractivity contribution is -0.116. The van der Waals surface area contributed by atoms with Gasteiger partial charge in [0.1, 0.15) is 18.6 Å². The van der Waals surface area contributed by atoms with E-state index in [0.29, 0.717) is 22.8 Å². The monoisotopic (exact) mass is 376 g/mol. The van der Waals surface area contributed by atoms with Gasteiger partial charge >= 0.3 is 0 Å². The Balaban J connectivity index is 1.61. The van der Waals surface area contributed by atoms with E-state index in [-0.39, 0.29) is 18.0 Å². The SMILES string of the molecule is COc1ccc(-n2nnc3c(=O)n(CC(=O)Nc4ccccc4)cnc32)cc1. The molecule has 0 saturated carbocycles. The molecule has 0 aliphatic rings. The highest BCUT2D eigenvalue weighted by Gasteiger charge is 2.15. The third-order valence-corrected chi connectivity index (χ3v) is 4.12. The largest absolute Gasteiger partial charge is 0.497 e. The summed E-state index contributed by atoms with van der Waals surface area (Å²) in [7, 11) is 1.58. The minimum absolute atomic E-state index is 0.0887. The highest BCUT2D eigenvalue weighted by Crippen LogP contribution is 2.16. The van der Waals surface area contributed by atoms with Crippen molar-refractivity contribution < 1.29 is 9.53 Å². The van der Waals surface area contributed by atoms with Gasteiger partial charge in [-0.15, -0.1) is 5.10 Å². The van der Waals surface area contributed by atoms with Crippen LogP contribution in [0.4, 0.5) is 5.69 Å². The maximum Gasteiger partial charge on any atom is 0.284 e. The summed E-state index contributed by atoms with van der Waals surface area (Å²) >= 11 is 0. The quantitative estimate of drug-likeness (QED) is 0.568. The molecule has 2 aromatic carbocycles. The predicted molar refractivity (Wildman–Crippen MR) is 103 cm³/mol. The molecular formula is C19H16N6O3. The van der Waals surface area contributed by atoms with Crippen molar-refractivity contribution >= 4 is 22.8 Å². The van der Waals surface area contributed by atoms with Crippen LogP contribution in [0.2, 0.25) is 0 Å². The number of benzene rings is 2. The number of anilines is 1. The molecule has 1 N–H and O–H groups in total. The van der Waals surface area contributed by atoms with Gasteiger partial charge in [-0.1, -0.05) is 23.4 Å². The van der Waals surface area contributed by atoms with Crippen molar-refractivity contribution in [2.45, 2.75) is 6.54 Å². The van der Waals surface area contributed by atoms with Gasteiger partial charge in [-0.25, -0.2) is 4.98 Å². The van der Waals surface area contributed by atoms with Gasteiger partial charge < -0.3 is 10.1 Å². The molecule has 0 aliphatic heterocycles. The van der Waals surface area contributed by atoms with Crippen LogP contribution in [-0.2, 0) is 11.3 Å². The summed E-state index contributed by atoms with van der Waals surface area (Å²) in [6.07, 6.45) is 1.32. The van der Waals surface area contributed by atoms with Crippen molar-refractivity contribution in [2.24, 2.45) is 0 Å². The summed E-state index contributed by atoms with van der Waals surface area (Å²) in [4.78, 5) is 29.1. The molecule has 1 amide bonds. The first kappa shape index (κ1) is 17.4. The standard InChI is InChI=1S/C19H16N6O3/c1-28-15-9-7-14(8-10-15)25-18-17(22-23-25)19(27)24(12-20-18)11-16(26)21-13-5-3-2-4-6-13/h2-10,12H,11H2,1H3,(H,21,26). The number of carbonyl (C=O) groups excluding carboxylic acids is 1. The summed E-state index contributed by atoms with van der Waals surface area (Å²) in [6.45, 7) is -0.175. The van der Waals surface area contributed by atoms with Crippen LogP contribution < -0.4 is 15.6 Å². The van der Waals surface area contributed by atoms with E-state index in [1.165, 1.54) is 15.6 Å². The highest BCUT2D eigenvalue weighted by atomic mass is 16.5. The second kappa shape index (κ2) is 7.31. The molecule has 28 heavy (non-hydrogen) atoms. The van der Waals surface area contributed by atoms with Crippen molar-refractivity contribution in [3.8, 4) is 11.4 Å². The topological polar surface area (TPSA) is 104 Å². The molecule has 9 heteroatoms. The second-order valence-electron chi connectivity index (χ2n) is 5.96. The number of hydrogen-bond acceptors (Lipinski definition) is 6. The summed E-state index contributed by atoms with van der Waals surface area (Å²) < 4.78 is 7.80. The van der Waals surface area contributed by atoms with Gasteiger partial charge in [0, 0.05) is 5.69 Å². The van der Waals surface area contributed by atoms with Crippen LogP contribution in [0.25, 0.3) is 16.9 Å². The Bertz CT molecular complexity index is 1180. The maximum absolute atomic E-state index is 12.7. The molecule has 0 saturated heterocycles. The number of rotatable bonds is 5. The second-order valence-corrected chi connectivity index (χ2v) is 5.96. The molecule has 0 aliphatic carbocycles. The number of nitrogens with one attached hydrogen (secondary N) is 1. The molecule has 0 spiro atoms. The normalized spacial score (nSPS) is 10.8. The lowest BCUT2D eigenvalue weighted by Crippen LogP contribution is -2.28. The molecule has 9 nitrogen and oxygen atoms in total. The van der Waals surface area contributed by atoms with E-state index in [4.69, 9.17) is 4.74 Å². The predicted octanol–water partition coefficient (Wildman–Crippen LogP) is 1.62. The number of nitrogens with zero attached hydrogens (tertiary/aromatic N) is 5.